The summed E-state index contributed by atoms with van der Waals surface area (Å²) in [4.78, 5) is 28.9. The highest BCUT2D eigenvalue weighted by Crippen LogP contribution is 2.27. The first-order valence-corrected chi connectivity index (χ1v) is 13.5. The van der Waals surface area contributed by atoms with Crippen molar-refractivity contribution in [1.29, 1.82) is 0 Å². The number of nitrogens with zero attached hydrogens (tertiary/aromatic N) is 1. The second kappa shape index (κ2) is 13.1. The molecule has 2 amide bonds. The Bertz CT molecular complexity index is 1210. The third-order valence-corrected chi connectivity index (χ3v) is 6.62. The molecule has 3 aromatic carbocycles. The number of aryl methyl sites for hydroxylation is 1. The van der Waals surface area contributed by atoms with E-state index in [0.717, 1.165) is 27.6 Å². The molecule has 0 aliphatic rings. The molecule has 7 heteroatoms. The summed E-state index contributed by atoms with van der Waals surface area (Å²) >= 11 is 9.78. The van der Waals surface area contributed by atoms with Crippen LogP contribution in [0.1, 0.15) is 44.4 Å². The molecule has 0 radical (unpaired) electrons. The average Bonchev–Trinajstić information content (AvgIpc) is 2.84. The summed E-state index contributed by atoms with van der Waals surface area (Å²) in [7, 11) is 0. The molecule has 0 bridgehead atoms. The molecular weight excluding hydrogens is 552 g/mol. The van der Waals surface area contributed by atoms with Gasteiger partial charge in [-0.15, -0.1) is 0 Å². The van der Waals surface area contributed by atoms with Gasteiger partial charge in [0, 0.05) is 23.5 Å². The minimum absolute atomic E-state index is 0.210. The normalized spacial score (nSPS) is 12.1. The first-order valence-electron chi connectivity index (χ1n) is 12.4. The molecule has 1 atom stereocenters. The summed E-state index contributed by atoms with van der Waals surface area (Å²) in [6.45, 7) is 7.86. The zero-order chi connectivity index (χ0) is 27.0. The molecular formula is C30H34BrClN2O3. The van der Waals surface area contributed by atoms with Crippen molar-refractivity contribution in [1.82, 2.24) is 10.2 Å². The lowest BCUT2D eigenvalue weighted by atomic mass is 10.0. The third-order valence-electron chi connectivity index (χ3n) is 5.77. The summed E-state index contributed by atoms with van der Waals surface area (Å²) < 4.78 is 6.71. The third kappa shape index (κ3) is 8.90. The van der Waals surface area contributed by atoms with Crippen LogP contribution in [-0.2, 0) is 29.0 Å². The topological polar surface area (TPSA) is 58.6 Å². The highest BCUT2D eigenvalue weighted by molar-refractivity contribution is 9.10. The molecule has 196 valence electrons. The number of carbonyl (C=O) groups excluding carboxylic acids is 2. The van der Waals surface area contributed by atoms with Crippen molar-refractivity contribution >= 4 is 39.3 Å². The molecule has 5 nitrogen and oxygen atoms in total. The van der Waals surface area contributed by atoms with Gasteiger partial charge in [0.05, 0.1) is 4.47 Å². The Hall–Kier alpha value is -2.83. The molecule has 0 saturated heterocycles. The monoisotopic (exact) mass is 584 g/mol. The smallest absolute Gasteiger partial charge is 0.261 e. The zero-order valence-corrected chi connectivity index (χ0v) is 24.1. The molecule has 0 aliphatic carbocycles. The number of amides is 2. The number of carbonyl (C=O) groups is 2. The second-order valence-electron chi connectivity index (χ2n) is 10.0. The van der Waals surface area contributed by atoms with Gasteiger partial charge in [0.2, 0.25) is 5.91 Å². The van der Waals surface area contributed by atoms with Crippen molar-refractivity contribution in [2.75, 3.05) is 6.61 Å². The predicted octanol–water partition coefficient (Wildman–Crippen LogP) is 6.60. The van der Waals surface area contributed by atoms with Crippen molar-refractivity contribution in [3.8, 4) is 5.75 Å². The van der Waals surface area contributed by atoms with Crippen LogP contribution in [0.3, 0.4) is 0 Å². The summed E-state index contributed by atoms with van der Waals surface area (Å²) in [6.07, 6.45) is 1.26. The number of nitrogens with one attached hydrogen (secondary N) is 1. The number of halogens is 2. The fourth-order valence-corrected chi connectivity index (χ4v) is 4.70. The molecule has 0 aromatic heterocycles. The van der Waals surface area contributed by atoms with E-state index in [1.807, 2.05) is 87.5 Å². The molecule has 37 heavy (non-hydrogen) atoms. The highest BCUT2D eigenvalue weighted by atomic mass is 79.9. The van der Waals surface area contributed by atoms with Gasteiger partial charge in [0.15, 0.2) is 6.61 Å². The quantitative estimate of drug-likeness (QED) is 0.292. The van der Waals surface area contributed by atoms with Crippen LogP contribution in [0.25, 0.3) is 0 Å². The minimum atomic E-state index is -0.748. The van der Waals surface area contributed by atoms with Crippen LogP contribution in [0.4, 0.5) is 0 Å². The fraction of sp³-hybridized carbons (Fsp3) is 0.333. The van der Waals surface area contributed by atoms with Crippen LogP contribution in [-0.4, -0.2) is 34.9 Å². The first-order chi connectivity index (χ1) is 17.6. The lowest BCUT2D eigenvalue weighted by Gasteiger charge is -2.33. The summed E-state index contributed by atoms with van der Waals surface area (Å²) in [5.74, 6) is 0.0589. The standard InChI is InChI=1S/C30H34BrClN2O3/c1-5-21-14-15-27(25(31)17-21)37-20-28(35)34(19-23-12-9-13-24(32)16-23)26(29(36)33-30(2,3)4)18-22-10-7-6-8-11-22/h6-17,26H,5,18-20H2,1-4H3,(H,33,36)/t26-/m0/s1. The summed E-state index contributed by atoms with van der Waals surface area (Å²) in [6, 6.07) is 22.1. The lowest BCUT2D eigenvalue weighted by Crippen LogP contribution is -2.55. The van der Waals surface area contributed by atoms with Crippen LogP contribution < -0.4 is 10.1 Å². The van der Waals surface area contributed by atoms with E-state index in [1.54, 1.807) is 11.0 Å². The molecule has 0 saturated carbocycles. The lowest BCUT2D eigenvalue weighted by molar-refractivity contribution is -0.143. The van der Waals surface area contributed by atoms with E-state index in [9.17, 15) is 9.59 Å². The average molecular weight is 586 g/mol. The SMILES string of the molecule is CCc1ccc(OCC(=O)N(Cc2cccc(Cl)c2)[C@@H](Cc2ccccc2)C(=O)NC(C)(C)C)c(Br)c1. The van der Waals surface area contributed by atoms with E-state index in [0.29, 0.717) is 17.2 Å². The first kappa shape index (κ1) is 28.7. The number of ether oxygens (including phenoxy) is 1. The van der Waals surface area contributed by atoms with E-state index in [1.165, 1.54) is 0 Å². The number of rotatable bonds is 10. The van der Waals surface area contributed by atoms with E-state index < -0.39 is 11.6 Å². The van der Waals surface area contributed by atoms with Gasteiger partial charge in [0.25, 0.3) is 5.91 Å². The van der Waals surface area contributed by atoms with Crippen LogP contribution in [0.2, 0.25) is 5.02 Å². The Morgan fingerprint density at radius 3 is 2.30 bits per heavy atom. The Kier molecular flexibility index (Phi) is 10.2. The van der Waals surface area contributed by atoms with Crippen molar-refractivity contribution < 1.29 is 14.3 Å². The van der Waals surface area contributed by atoms with Crippen LogP contribution in [0.5, 0.6) is 5.75 Å². The molecule has 0 heterocycles. The number of hydrogen-bond donors (Lipinski definition) is 1. The Morgan fingerprint density at radius 1 is 0.973 bits per heavy atom. The van der Waals surface area contributed by atoms with Gasteiger partial charge in [0.1, 0.15) is 11.8 Å². The van der Waals surface area contributed by atoms with Crippen LogP contribution in [0, 0.1) is 0 Å². The summed E-state index contributed by atoms with van der Waals surface area (Å²) in [5, 5.41) is 3.63. The number of hydrogen-bond acceptors (Lipinski definition) is 3. The van der Waals surface area contributed by atoms with Gasteiger partial charge in [-0.25, -0.2) is 0 Å². The number of benzene rings is 3. The van der Waals surface area contributed by atoms with Crippen LogP contribution in [0.15, 0.2) is 77.3 Å². The molecule has 0 fully saturated rings. The van der Waals surface area contributed by atoms with Crippen LogP contribution >= 0.6 is 27.5 Å². The molecule has 1 N–H and O–H groups in total. The van der Waals surface area contributed by atoms with E-state index in [-0.39, 0.29) is 25.0 Å². The molecule has 0 spiro atoms. The van der Waals surface area contributed by atoms with Gasteiger partial charge >= 0.3 is 0 Å². The van der Waals surface area contributed by atoms with Gasteiger partial charge in [-0.3, -0.25) is 9.59 Å². The van der Waals surface area contributed by atoms with Gasteiger partial charge < -0.3 is 15.0 Å². The van der Waals surface area contributed by atoms with Crippen molar-refractivity contribution in [2.24, 2.45) is 0 Å². The molecule has 3 rings (SSSR count). The zero-order valence-electron chi connectivity index (χ0n) is 21.8. The van der Waals surface area contributed by atoms with E-state index in [2.05, 4.69) is 28.2 Å². The molecule has 3 aromatic rings. The van der Waals surface area contributed by atoms with Gasteiger partial charge in [-0.1, -0.05) is 67.1 Å². The van der Waals surface area contributed by atoms with Crippen molar-refractivity contribution in [2.45, 2.75) is 58.7 Å². The summed E-state index contributed by atoms with van der Waals surface area (Å²) in [5.41, 5.74) is 2.49. The largest absolute Gasteiger partial charge is 0.483 e. The highest BCUT2D eigenvalue weighted by Gasteiger charge is 2.32. The van der Waals surface area contributed by atoms with Gasteiger partial charge in [-0.05, 0) is 84.1 Å². The van der Waals surface area contributed by atoms with E-state index >= 15 is 0 Å². The maximum Gasteiger partial charge on any atom is 0.261 e. The Labute approximate surface area is 233 Å². The minimum Gasteiger partial charge on any atom is -0.483 e. The van der Waals surface area contributed by atoms with Crippen molar-refractivity contribution in [3.05, 3.63) is 99.0 Å². The Morgan fingerprint density at radius 2 is 1.68 bits per heavy atom. The second-order valence-corrected chi connectivity index (χ2v) is 11.3. The van der Waals surface area contributed by atoms with Gasteiger partial charge in [-0.2, -0.15) is 0 Å². The maximum atomic E-state index is 13.7. The molecule has 0 aliphatic heterocycles. The Balaban J connectivity index is 1.93. The van der Waals surface area contributed by atoms with E-state index in [4.69, 9.17) is 16.3 Å². The predicted molar refractivity (Wildman–Crippen MR) is 153 cm³/mol. The molecule has 0 unspecified atom stereocenters. The maximum absolute atomic E-state index is 13.7. The fourth-order valence-electron chi connectivity index (χ4n) is 3.94. The van der Waals surface area contributed by atoms with Crippen molar-refractivity contribution in [3.63, 3.8) is 0 Å².